The molecular formula is C14H14N2O2S. The van der Waals surface area contributed by atoms with Crippen LogP contribution in [-0.4, -0.2) is 28.6 Å². The summed E-state index contributed by atoms with van der Waals surface area (Å²) in [5.41, 5.74) is 0.820. The number of thioether (sulfide) groups is 1. The first-order chi connectivity index (χ1) is 9.26. The number of aromatic nitrogens is 2. The van der Waals surface area contributed by atoms with Crippen LogP contribution in [0.5, 0.6) is 5.88 Å². The van der Waals surface area contributed by atoms with Crippen LogP contribution in [0.15, 0.2) is 41.6 Å². The number of benzene rings is 1. The Kier molecular flexibility index (Phi) is 4.52. The van der Waals surface area contributed by atoms with Crippen LogP contribution in [0.3, 0.4) is 0 Å². The van der Waals surface area contributed by atoms with Crippen molar-refractivity contribution in [2.24, 2.45) is 0 Å². The number of carbonyl (C=O) groups is 1. The quantitative estimate of drug-likeness (QED) is 0.620. The van der Waals surface area contributed by atoms with Crippen LogP contribution in [0.25, 0.3) is 0 Å². The minimum atomic E-state index is -0.182. The van der Waals surface area contributed by atoms with Gasteiger partial charge in [-0.15, -0.1) is 11.8 Å². The van der Waals surface area contributed by atoms with Crippen molar-refractivity contribution in [3.8, 4) is 5.88 Å². The van der Waals surface area contributed by atoms with Gasteiger partial charge in [-0.05, 0) is 30.0 Å². The van der Waals surface area contributed by atoms with Crippen molar-refractivity contribution >= 4 is 17.5 Å². The Morgan fingerprint density at radius 1 is 1.21 bits per heavy atom. The molecule has 0 amide bonds. The number of nitrogens with zero attached hydrogens (tertiary/aromatic N) is 2. The van der Waals surface area contributed by atoms with E-state index in [1.54, 1.807) is 23.9 Å². The van der Waals surface area contributed by atoms with E-state index in [0.29, 0.717) is 5.56 Å². The summed E-state index contributed by atoms with van der Waals surface area (Å²) in [5, 5.41) is 0. The smallest absolute Gasteiger partial charge is 0.243 e. The van der Waals surface area contributed by atoms with Gasteiger partial charge in [0.15, 0.2) is 5.69 Å². The predicted octanol–water partition coefficient (Wildman–Crippen LogP) is 2.83. The van der Waals surface area contributed by atoms with Gasteiger partial charge in [0.2, 0.25) is 11.7 Å². The van der Waals surface area contributed by atoms with Crippen molar-refractivity contribution in [2.75, 3.05) is 12.9 Å². The van der Waals surface area contributed by atoms with Gasteiger partial charge in [0, 0.05) is 22.9 Å². The van der Waals surface area contributed by atoms with E-state index in [4.69, 9.17) is 4.74 Å². The van der Waals surface area contributed by atoms with Crippen molar-refractivity contribution in [3.05, 3.63) is 47.9 Å². The molecule has 0 aliphatic heterocycles. The normalized spacial score (nSPS) is 10.2. The van der Waals surface area contributed by atoms with Crippen molar-refractivity contribution in [2.45, 2.75) is 11.8 Å². The van der Waals surface area contributed by atoms with E-state index in [1.807, 2.05) is 12.1 Å². The van der Waals surface area contributed by atoms with E-state index in [-0.39, 0.29) is 17.4 Å². The van der Waals surface area contributed by atoms with Gasteiger partial charge in [-0.2, -0.15) is 0 Å². The highest BCUT2D eigenvalue weighted by Crippen LogP contribution is 2.20. The highest BCUT2D eigenvalue weighted by molar-refractivity contribution is 7.99. The largest absolute Gasteiger partial charge is 0.479 e. The highest BCUT2D eigenvalue weighted by atomic mass is 32.2. The standard InChI is InChI=1S/C14H14N2O2S/c1-3-19-11-6-4-10(5-7-11)13(17)12-14(18-2)16-9-8-15-12/h4-9H,3H2,1-2H3. The Morgan fingerprint density at radius 2 is 1.89 bits per heavy atom. The lowest BCUT2D eigenvalue weighted by atomic mass is 10.1. The van der Waals surface area contributed by atoms with E-state index in [2.05, 4.69) is 16.9 Å². The first-order valence-electron chi connectivity index (χ1n) is 5.88. The van der Waals surface area contributed by atoms with Crippen LogP contribution >= 0.6 is 11.8 Å². The number of carbonyl (C=O) groups excluding carboxylic acids is 1. The van der Waals surface area contributed by atoms with Crippen LogP contribution in [-0.2, 0) is 0 Å². The number of rotatable bonds is 5. The number of hydrogen-bond donors (Lipinski definition) is 0. The molecule has 0 N–H and O–H groups in total. The summed E-state index contributed by atoms with van der Waals surface area (Å²) in [6, 6.07) is 7.47. The summed E-state index contributed by atoms with van der Waals surface area (Å²) in [5.74, 6) is 1.07. The first kappa shape index (κ1) is 13.5. The van der Waals surface area contributed by atoms with Crippen LogP contribution in [0.2, 0.25) is 0 Å². The molecule has 0 spiro atoms. The molecule has 1 aromatic carbocycles. The zero-order valence-electron chi connectivity index (χ0n) is 10.8. The van der Waals surface area contributed by atoms with Gasteiger partial charge in [-0.1, -0.05) is 6.92 Å². The third-order valence-electron chi connectivity index (χ3n) is 2.50. The fraction of sp³-hybridized carbons (Fsp3) is 0.214. The maximum absolute atomic E-state index is 12.3. The van der Waals surface area contributed by atoms with Crippen molar-refractivity contribution < 1.29 is 9.53 Å². The topological polar surface area (TPSA) is 52.1 Å². The summed E-state index contributed by atoms with van der Waals surface area (Å²) in [4.78, 5) is 21.5. The number of methoxy groups -OCH3 is 1. The average molecular weight is 274 g/mol. The Bertz CT molecular complexity index is 570. The van der Waals surface area contributed by atoms with Gasteiger partial charge in [-0.3, -0.25) is 4.79 Å². The Labute approximate surface area is 116 Å². The molecule has 0 aliphatic carbocycles. The Balaban J connectivity index is 2.28. The van der Waals surface area contributed by atoms with Gasteiger partial charge in [0.05, 0.1) is 7.11 Å². The third kappa shape index (κ3) is 3.12. The molecule has 19 heavy (non-hydrogen) atoms. The molecule has 0 aliphatic rings. The number of ether oxygens (including phenoxy) is 1. The molecule has 0 fully saturated rings. The van der Waals surface area contributed by atoms with Gasteiger partial charge >= 0.3 is 0 Å². The fourth-order valence-corrected chi connectivity index (χ4v) is 2.30. The zero-order chi connectivity index (χ0) is 13.7. The molecular weight excluding hydrogens is 260 g/mol. The molecule has 0 radical (unpaired) electrons. The minimum absolute atomic E-state index is 0.182. The second-order valence-corrected chi connectivity index (χ2v) is 5.04. The van der Waals surface area contributed by atoms with Crippen LogP contribution in [0.4, 0.5) is 0 Å². The summed E-state index contributed by atoms with van der Waals surface area (Å²) < 4.78 is 5.05. The molecule has 0 bridgehead atoms. The first-order valence-corrected chi connectivity index (χ1v) is 6.87. The van der Waals surface area contributed by atoms with Crippen molar-refractivity contribution in [1.29, 1.82) is 0 Å². The van der Waals surface area contributed by atoms with E-state index in [0.717, 1.165) is 10.6 Å². The van der Waals surface area contributed by atoms with E-state index < -0.39 is 0 Å². The summed E-state index contributed by atoms with van der Waals surface area (Å²) >= 11 is 1.74. The lowest BCUT2D eigenvalue weighted by Crippen LogP contribution is -2.07. The van der Waals surface area contributed by atoms with E-state index in [9.17, 15) is 4.79 Å². The molecule has 0 saturated carbocycles. The third-order valence-corrected chi connectivity index (χ3v) is 3.39. The summed E-state index contributed by atoms with van der Waals surface area (Å²) in [6.07, 6.45) is 2.98. The average Bonchev–Trinajstić information content (AvgIpc) is 2.47. The number of ketones is 1. The molecule has 1 heterocycles. The highest BCUT2D eigenvalue weighted by Gasteiger charge is 2.16. The Morgan fingerprint density at radius 3 is 2.53 bits per heavy atom. The fourth-order valence-electron chi connectivity index (χ4n) is 1.64. The molecule has 0 saturated heterocycles. The van der Waals surface area contributed by atoms with E-state index >= 15 is 0 Å². The molecule has 2 rings (SSSR count). The van der Waals surface area contributed by atoms with Crippen LogP contribution in [0.1, 0.15) is 23.0 Å². The SMILES string of the molecule is CCSc1ccc(C(=O)c2nccnc2OC)cc1. The maximum Gasteiger partial charge on any atom is 0.243 e. The van der Waals surface area contributed by atoms with Gasteiger partial charge in [0.1, 0.15) is 0 Å². The predicted molar refractivity (Wildman–Crippen MR) is 74.9 cm³/mol. The molecule has 98 valence electrons. The summed E-state index contributed by atoms with van der Waals surface area (Å²) in [7, 11) is 1.47. The van der Waals surface area contributed by atoms with Gasteiger partial charge in [-0.25, -0.2) is 9.97 Å². The van der Waals surface area contributed by atoms with Crippen molar-refractivity contribution in [3.63, 3.8) is 0 Å². The zero-order valence-corrected chi connectivity index (χ0v) is 11.6. The van der Waals surface area contributed by atoms with Crippen LogP contribution in [0, 0.1) is 0 Å². The lowest BCUT2D eigenvalue weighted by Gasteiger charge is -2.05. The minimum Gasteiger partial charge on any atom is -0.479 e. The lowest BCUT2D eigenvalue weighted by molar-refractivity contribution is 0.103. The summed E-state index contributed by atoms with van der Waals surface area (Å²) in [6.45, 7) is 2.09. The second kappa shape index (κ2) is 6.33. The Hall–Kier alpha value is -1.88. The second-order valence-electron chi connectivity index (χ2n) is 3.70. The van der Waals surface area contributed by atoms with Crippen LogP contribution < -0.4 is 4.74 Å². The molecule has 1 aromatic heterocycles. The molecule has 2 aromatic rings. The molecule has 0 atom stereocenters. The van der Waals surface area contributed by atoms with Gasteiger partial charge < -0.3 is 4.74 Å². The monoisotopic (exact) mass is 274 g/mol. The van der Waals surface area contributed by atoms with Gasteiger partial charge in [0.25, 0.3) is 0 Å². The maximum atomic E-state index is 12.3. The van der Waals surface area contributed by atoms with Crippen molar-refractivity contribution in [1.82, 2.24) is 9.97 Å². The molecule has 4 nitrogen and oxygen atoms in total. The number of hydrogen-bond acceptors (Lipinski definition) is 5. The molecule has 5 heteroatoms. The molecule has 0 unspecified atom stereocenters. The van der Waals surface area contributed by atoms with E-state index in [1.165, 1.54) is 19.5 Å².